The van der Waals surface area contributed by atoms with Gasteiger partial charge in [-0.15, -0.1) is 0 Å². The topological polar surface area (TPSA) is 370 Å². The number of imidazole rings is 3. The third kappa shape index (κ3) is 17.0. The number of rotatable bonds is 27. The van der Waals surface area contributed by atoms with Gasteiger partial charge in [0.15, 0.2) is 22.6 Å². The predicted molar refractivity (Wildman–Crippen MR) is 293 cm³/mol. The minimum Gasteiger partial charge on any atom is -0.356 e. The van der Waals surface area contributed by atoms with Gasteiger partial charge < -0.3 is 80.9 Å². The van der Waals surface area contributed by atoms with Crippen molar-refractivity contribution in [1.82, 2.24) is 74.3 Å². The number of aromatic nitrogens is 9. The van der Waals surface area contributed by atoms with Crippen LogP contribution < -0.4 is 53.2 Å². The van der Waals surface area contributed by atoms with Gasteiger partial charge >= 0.3 is 0 Å². The fourth-order valence-electron chi connectivity index (χ4n) is 7.61. The fourth-order valence-corrected chi connectivity index (χ4v) is 8.51. The maximum absolute atomic E-state index is 13.2. The average molecular weight is 1130 g/mol. The highest BCUT2D eigenvalue weighted by atomic mass is 32.1. The van der Waals surface area contributed by atoms with Crippen LogP contribution >= 0.6 is 11.3 Å². The summed E-state index contributed by atoms with van der Waals surface area (Å²) in [6, 6.07) is 2.92. The largest absolute Gasteiger partial charge is 0.356 e. The van der Waals surface area contributed by atoms with Crippen molar-refractivity contribution in [2.24, 2.45) is 35.2 Å². The molecule has 0 aliphatic rings. The molecule has 0 spiro atoms. The quantitative estimate of drug-likeness (QED) is 0.0310. The molecule has 10 N–H and O–H groups in total. The van der Waals surface area contributed by atoms with E-state index in [0.717, 1.165) is 24.3 Å². The van der Waals surface area contributed by atoms with Crippen LogP contribution in [0.25, 0.3) is 0 Å². The third-order valence-corrected chi connectivity index (χ3v) is 12.7. The molecule has 0 aliphatic carbocycles. The van der Waals surface area contributed by atoms with Crippen LogP contribution in [0.4, 0.5) is 28.1 Å². The lowest BCUT2D eigenvalue weighted by Crippen LogP contribution is -2.32. The van der Waals surface area contributed by atoms with Crippen molar-refractivity contribution < 1.29 is 47.9 Å². The molecule has 426 valence electrons. The van der Waals surface area contributed by atoms with Crippen LogP contribution in [0.1, 0.15) is 100 Å². The molecule has 0 saturated heterocycles. The number of carbonyl (C=O) groups excluding carboxylic acids is 10. The molecule has 0 fully saturated rings. The number of nitrogens with zero attached hydrogens (tertiary/aromatic N) is 10. The van der Waals surface area contributed by atoms with E-state index in [0.29, 0.717) is 17.9 Å². The third-order valence-electron chi connectivity index (χ3n) is 11.6. The SMILES string of the molecule is Cc1nc(NC(=O)CCNC(=O)c2cc(NC(=O)c3nc(NC(=O)CCNC(=O)c4nccn4C)cn3C)cn2C)sc1C(=O)NCCC(=O)Nc1cn(C)c(C(=O)Nc2cc(C(=O)NCCC(=O)NCCCN(C)C)n(C)c2)n1. The molecule has 0 aromatic carbocycles. The molecule has 80 heavy (non-hydrogen) atoms. The molecule has 0 radical (unpaired) electrons. The smallest absolute Gasteiger partial charge is 0.291 e. The molecule has 0 saturated carbocycles. The Kier molecular flexibility index (Phi) is 20.7. The predicted octanol–water partition coefficient (Wildman–Crippen LogP) is 0.297. The van der Waals surface area contributed by atoms with Crippen LogP contribution in [0, 0.1) is 6.92 Å². The van der Waals surface area contributed by atoms with Crippen LogP contribution in [-0.2, 0) is 54.4 Å². The van der Waals surface area contributed by atoms with Crippen LogP contribution in [0.15, 0.2) is 49.3 Å². The van der Waals surface area contributed by atoms with E-state index >= 15 is 0 Å². The van der Waals surface area contributed by atoms with Crippen LogP contribution in [0.2, 0.25) is 0 Å². The zero-order chi connectivity index (χ0) is 58.2. The second kappa shape index (κ2) is 27.7. The van der Waals surface area contributed by atoms with E-state index in [4.69, 9.17) is 0 Å². The van der Waals surface area contributed by atoms with E-state index in [1.165, 1.54) is 55.2 Å². The van der Waals surface area contributed by atoms with Gasteiger partial charge in [-0.3, -0.25) is 47.9 Å². The first kappa shape index (κ1) is 59.7. The summed E-state index contributed by atoms with van der Waals surface area (Å²) in [6.07, 6.45) is 9.61. The molecule has 0 aliphatic heterocycles. The highest BCUT2D eigenvalue weighted by Crippen LogP contribution is 2.23. The fraction of sp³-hybridized carbons (Fsp3) is 0.388. The Hall–Kier alpha value is -9.52. The molecular formula is C49H64N20O10S. The summed E-state index contributed by atoms with van der Waals surface area (Å²) in [5.41, 5.74) is 1.34. The summed E-state index contributed by atoms with van der Waals surface area (Å²) < 4.78 is 7.38. The first-order chi connectivity index (χ1) is 38.0. The highest BCUT2D eigenvalue weighted by Gasteiger charge is 2.22. The Morgan fingerprint density at radius 3 is 1.43 bits per heavy atom. The first-order valence-corrected chi connectivity index (χ1v) is 25.8. The summed E-state index contributed by atoms with van der Waals surface area (Å²) in [4.78, 5) is 147. The van der Waals surface area contributed by atoms with Crippen molar-refractivity contribution in [2.75, 3.05) is 79.9 Å². The van der Waals surface area contributed by atoms with Gasteiger partial charge in [-0.05, 0) is 46.1 Å². The number of hydrogen-bond acceptors (Lipinski definition) is 16. The van der Waals surface area contributed by atoms with Crippen LogP contribution in [0.5, 0.6) is 0 Å². The Labute approximate surface area is 462 Å². The number of thiazole rings is 1. The van der Waals surface area contributed by atoms with Gasteiger partial charge in [0.05, 0.1) is 17.1 Å². The highest BCUT2D eigenvalue weighted by molar-refractivity contribution is 7.17. The normalized spacial score (nSPS) is 10.9. The minimum atomic E-state index is -0.623. The average Bonchev–Trinajstić information content (AvgIpc) is 4.27. The summed E-state index contributed by atoms with van der Waals surface area (Å²) in [7, 11) is 11.9. The van der Waals surface area contributed by atoms with Gasteiger partial charge in [0.1, 0.15) is 16.3 Å². The van der Waals surface area contributed by atoms with Crippen molar-refractivity contribution in [3.63, 3.8) is 0 Å². The second-order valence-corrected chi connectivity index (χ2v) is 19.4. The maximum Gasteiger partial charge on any atom is 0.291 e. The molecule has 30 nitrogen and oxygen atoms in total. The molecular weight excluding hydrogens is 1060 g/mol. The molecule has 0 unspecified atom stereocenters. The molecule has 6 aromatic heterocycles. The maximum atomic E-state index is 13.2. The van der Waals surface area contributed by atoms with E-state index < -0.39 is 53.2 Å². The molecule has 6 rings (SSSR count). The lowest BCUT2D eigenvalue weighted by Gasteiger charge is -2.10. The van der Waals surface area contributed by atoms with E-state index in [1.807, 2.05) is 19.0 Å². The standard InChI is InChI=1S/C49H64N20O10S/c1-28-39(45(76)54-17-11-36(71)59-33-26-68(7)41(61-33)47(78)57-29-22-31(66(5)24-29)43(74)52-15-10-35(70)50-14-9-20-64(2)3)80-49(56-28)63-38(73)13-16-53-44(75)32-23-30(25-67(32)6)58-48(79)42-62-34(27-69(42)8)60-37(72)12-18-55-46(77)40-51-19-21-65(40)4/h19,21-27H,9-18,20H2,1-8H3,(H,50,70)(H,52,74)(H,53,75)(H,54,76)(H,55,77)(H,57,78)(H,58,79)(H,59,71)(H,60,72)(H,56,63,73). The Morgan fingerprint density at radius 2 is 0.950 bits per heavy atom. The summed E-state index contributed by atoms with van der Waals surface area (Å²) in [5, 5.41) is 26.8. The second-order valence-electron chi connectivity index (χ2n) is 18.4. The van der Waals surface area contributed by atoms with Crippen LogP contribution in [-0.4, -0.2) is 160 Å². The number of carbonyl (C=O) groups is 10. The molecule has 0 atom stereocenters. The van der Waals surface area contributed by atoms with E-state index in [1.54, 1.807) is 59.1 Å². The lowest BCUT2D eigenvalue weighted by atomic mass is 10.3. The van der Waals surface area contributed by atoms with E-state index in [-0.39, 0.29) is 114 Å². The van der Waals surface area contributed by atoms with Gasteiger partial charge in [0, 0.05) is 131 Å². The van der Waals surface area contributed by atoms with Gasteiger partial charge in [-0.25, -0.2) is 19.9 Å². The number of aryl methyl sites for hydroxylation is 6. The Bertz CT molecular complexity index is 3280. The summed E-state index contributed by atoms with van der Waals surface area (Å²) >= 11 is 0.922. The van der Waals surface area contributed by atoms with Crippen molar-refractivity contribution >= 4 is 98.6 Å². The number of nitrogens with one attached hydrogen (secondary N) is 10. The van der Waals surface area contributed by atoms with Crippen LogP contribution in [0.3, 0.4) is 0 Å². The van der Waals surface area contributed by atoms with Crippen molar-refractivity contribution in [2.45, 2.75) is 39.0 Å². The molecule has 0 bridgehead atoms. The molecule has 10 amide bonds. The van der Waals surface area contributed by atoms with Gasteiger partial charge in [0.25, 0.3) is 35.4 Å². The summed E-state index contributed by atoms with van der Waals surface area (Å²) in [6.45, 7) is 2.99. The van der Waals surface area contributed by atoms with E-state index in [2.05, 4.69) is 73.1 Å². The first-order valence-electron chi connectivity index (χ1n) is 25.0. The Balaban J connectivity index is 0.870. The van der Waals surface area contributed by atoms with Crippen molar-refractivity contribution in [3.8, 4) is 0 Å². The number of amides is 10. The molecule has 6 aromatic rings. The van der Waals surface area contributed by atoms with Gasteiger partial charge in [-0.2, -0.15) is 0 Å². The molecule has 31 heteroatoms. The summed E-state index contributed by atoms with van der Waals surface area (Å²) in [5.74, 6) is -4.45. The van der Waals surface area contributed by atoms with E-state index in [9.17, 15) is 47.9 Å². The van der Waals surface area contributed by atoms with Crippen molar-refractivity contribution in [1.29, 1.82) is 0 Å². The zero-order valence-electron chi connectivity index (χ0n) is 45.4. The monoisotopic (exact) mass is 1120 g/mol. The number of hydrogen-bond donors (Lipinski definition) is 10. The number of anilines is 5. The van der Waals surface area contributed by atoms with Crippen molar-refractivity contribution in [3.05, 3.63) is 88.7 Å². The van der Waals surface area contributed by atoms with Gasteiger partial charge in [-0.1, -0.05) is 11.3 Å². The minimum absolute atomic E-state index is 0.0364. The molecule has 6 heterocycles. The Morgan fingerprint density at radius 1 is 0.487 bits per heavy atom. The lowest BCUT2D eigenvalue weighted by molar-refractivity contribution is -0.121. The van der Waals surface area contributed by atoms with Gasteiger partial charge in [0.2, 0.25) is 35.3 Å². The zero-order valence-corrected chi connectivity index (χ0v) is 46.2.